The minimum Gasteiger partial charge on any atom is -0.503 e. The molecule has 8 heteroatoms. The van der Waals surface area contributed by atoms with Crippen LogP contribution in [0.3, 0.4) is 0 Å². The van der Waals surface area contributed by atoms with Crippen molar-refractivity contribution in [3.8, 4) is 5.75 Å². The van der Waals surface area contributed by atoms with E-state index in [0.717, 1.165) is 18.4 Å². The molecule has 1 aromatic heterocycles. The summed E-state index contributed by atoms with van der Waals surface area (Å²) in [5.41, 5.74) is 2.82. The number of aryl methyl sites for hydroxylation is 1. The van der Waals surface area contributed by atoms with Crippen molar-refractivity contribution in [2.24, 2.45) is 0 Å². The Morgan fingerprint density at radius 2 is 1.68 bits per heavy atom. The predicted molar refractivity (Wildman–Crippen MR) is 142 cm³/mol. The Morgan fingerprint density at radius 1 is 1.00 bits per heavy atom. The van der Waals surface area contributed by atoms with Crippen molar-refractivity contribution < 1.29 is 24.2 Å². The van der Waals surface area contributed by atoms with E-state index in [0.29, 0.717) is 41.7 Å². The average Bonchev–Trinajstić information content (AvgIpc) is 3.20. The molecule has 1 fully saturated rings. The van der Waals surface area contributed by atoms with Gasteiger partial charge >= 0.3 is 0 Å². The van der Waals surface area contributed by atoms with Gasteiger partial charge in [0, 0.05) is 18.4 Å². The number of aliphatic hydroxyl groups excluding tert-OH is 1. The topological polar surface area (TPSA) is 102 Å². The fourth-order valence-corrected chi connectivity index (χ4v) is 4.80. The maximum Gasteiger partial charge on any atom is 0.295 e. The van der Waals surface area contributed by atoms with Gasteiger partial charge in [0.05, 0.1) is 30.5 Å². The molecule has 3 aromatic rings. The SMILES string of the molecule is Cc1ccc(N2C(=O)C(O)=C(C(=O)c3ccc(C(C)C)cc3)C2c2ccc(OC3CCOCC3)cc2)nn1. The van der Waals surface area contributed by atoms with Crippen LogP contribution < -0.4 is 9.64 Å². The van der Waals surface area contributed by atoms with Crippen LogP contribution in [0.4, 0.5) is 5.82 Å². The molecule has 38 heavy (non-hydrogen) atoms. The van der Waals surface area contributed by atoms with Crippen molar-refractivity contribution >= 4 is 17.5 Å². The Bertz CT molecular complexity index is 1340. The second-order valence-electron chi connectivity index (χ2n) is 9.98. The van der Waals surface area contributed by atoms with Gasteiger partial charge in [0.15, 0.2) is 17.4 Å². The number of nitrogens with zero attached hydrogens (tertiary/aromatic N) is 3. The van der Waals surface area contributed by atoms with E-state index in [1.165, 1.54) is 4.90 Å². The average molecular weight is 514 g/mol. The Balaban J connectivity index is 1.52. The molecular formula is C30H31N3O5. The number of anilines is 1. The third kappa shape index (κ3) is 5.04. The molecule has 2 aromatic carbocycles. The summed E-state index contributed by atoms with van der Waals surface area (Å²) in [5, 5.41) is 19.3. The van der Waals surface area contributed by atoms with E-state index in [1.807, 2.05) is 36.4 Å². The van der Waals surface area contributed by atoms with E-state index in [2.05, 4.69) is 24.0 Å². The van der Waals surface area contributed by atoms with Gasteiger partial charge in [0.2, 0.25) is 0 Å². The monoisotopic (exact) mass is 513 g/mol. The van der Waals surface area contributed by atoms with Gasteiger partial charge in [-0.2, -0.15) is 5.10 Å². The highest BCUT2D eigenvalue weighted by atomic mass is 16.5. The van der Waals surface area contributed by atoms with E-state index >= 15 is 0 Å². The molecule has 2 aliphatic heterocycles. The van der Waals surface area contributed by atoms with Gasteiger partial charge in [-0.1, -0.05) is 50.2 Å². The molecule has 1 saturated heterocycles. The number of rotatable bonds is 7. The van der Waals surface area contributed by atoms with Gasteiger partial charge in [-0.05, 0) is 48.2 Å². The Kier molecular flexibility index (Phi) is 7.24. The fourth-order valence-electron chi connectivity index (χ4n) is 4.80. The summed E-state index contributed by atoms with van der Waals surface area (Å²) >= 11 is 0. The zero-order valence-corrected chi connectivity index (χ0v) is 21.8. The van der Waals surface area contributed by atoms with Gasteiger partial charge in [0.25, 0.3) is 5.91 Å². The van der Waals surface area contributed by atoms with Crippen LogP contribution in [0.1, 0.15) is 65.8 Å². The first-order valence-electron chi connectivity index (χ1n) is 12.9. The number of aromatic nitrogens is 2. The summed E-state index contributed by atoms with van der Waals surface area (Å²) in [5.74, 6) is -0.448. The molecule has 0 saturated carbocycles. The van der Waals surface area contributed by atoms with E-state index in [-0.39, 0.29) is 17.5 Å². The number of aliphatic hydroxyl groups is 1. The van der Waals surface area contributed by atoms with E-state index < -0.39 is 23.5 Å². The quantitative estimate of drug-likeness (QED) is 0.431. The van der Waals surface area contributed by atoms with Crippen molar-refractivity contribution in [3.05, 3.63) is 94.4 Å². The largest absolute Gasteiger partial charge is 0.503 e. The summed E-state index contributed by atoms with van der Waals surface area (Å²) in [6.45, 7) is 7.29. The lowest BCUT2D eigenvalue weighted by Gasteiger charge is -2.26. The third-order valence-corrected chi connectivity index (χ3v) is 6.99. The normalized spacial score (nSPS) is 18.4. The number of amides is 1. The number of hydrogen-bond acceptors (Lipinski definition) is 7. The lowest BCUT2D eigenvalue weighted by Crippen LogP contribution is -2.32. The second kappa shape index (κ2) is 10.8. The predicted octanol–water partition coefficient (Wildman–Crippen LogP) is 5.25. The van der Waals surface area contributed by atoms with Gasteiger partial charge in [-0.3, -0.25) is 14.5 Å². The number of carbonyl (C=O) groups is 2. The molecule has 3 heterocycles. The number of benzene rings is 2. The summed E-state index contributed by atoms with van der Waals surface area (Å²) < 4.78 is 11.5. The number of Topliss-reactive ketones (excluding diaryl/α,β-unsaturated/α-hetero) is 1. The summed E-state index contributed by atoms with van der Waals surface area (Å²) in [7, 11) is 0. The summed E-state index contributed by atoms with van der Waals surface area (Å²) in [6.07, 6.45) is 1.73. The van der Waals surface area contributed by atoms with Crippen LogP contribution in [0.5, 0.6) is 5.75 Å². The van der Waals surface area contributed by atoms with Gasteiger partial charge in [-0.15, -0.1) is 5.10 Å². The summed E-state index contributed by atoms with van der Waals surface area (Å²) in [6, 6.07) is 17.1. The number of carbonyl (C=O) groups excluding carboxylic acids is 2. The van der Waals surface area contributed by atoms with E-state index in [4.69, 9.17) is 9.47 Å². The standard InChI is InChI=1S/C30H31N3O5/c1-18(2)20-5-7-22(8-6-20)28(34)26-27(33(30(36)29(26)35)25-13-4-19(3)31-32-25)21-9-11-23(12-10-21)38-24-14-16-37-17-15-24/h4-13,18,24,27,35H,14-17H2,1-3H3. The minimum atomic E-state index is -0.881. The van der Waals surface area contributed by atoms with Gasteiger partial charge in [0.1, 0.15) is 11.9 Å². The zero-order chi connectivity index (χ0) is 26.8. The van der Waals surface area contributed by atoms with Crippen LogP contribution in [-0.2, 0) is 9.53 Å². The molecule has 1 unspecified atom stereocenters. The fraction of sp³-hybridized carbons (Fsp3) is 0.333. The zero-order valence-electron chi connectivity index (χ0n) is 21.8. The first-order valence-corrected chi connectivity index (χ1v) is 12.9. The molecule has 196 valence electrons. The summed E-state index contributed by atoms with van der Waals surface area (Å²) in [4.78, 5) is 28.4. The van der Waals surface area contributed by atoms with Crippen LogP contribution in [-0.4, -0.2) is 46.3 Å². The maximum absolute atomic E-state index is 13.8. The molecule has 2 aliphatic rings. The first kappa shape index (κ1) is 25.6. The first-order chi connectivity index (χ1) is 18.3. The number of hydrogen-bond donors (Lipinski definition) is 1. The van der Waals surface area contributed by atoms with Crippen molar-refractivity contribution in [2.45, 2.75) is 51.7 Å². The van der Waals surface area contributed by atoms with Crippen LogP contribution in [0.25, 0.3) is 0 Å². The van der Waals surface area contributed by atoms with Crippen LogP contribution in [0, 0.1) is 6.92 Å². The minimum absolute atomic E-state index is 0.00719. The lowest BCUT2D eigenvalue weighted by molar-refractivity contribution is -0.117. The smallest absolute Gasteiger partial charge is 0.295 e. The van der Waals surface area contributed by atoms with Crippen LogP contribution in [0.2, 0.25) is 0 Å². The second-order valence-corrected chi connectivity index (χ2v) is 9.98. The van der Waals surface area contributed by atoms with Gasteiger partial charge in [-0.25, -0.2) is 0 Å². The van der Waals surface area contributed by atoms with E-state index in [1.54, 1.807) is 31.2 Å². The maximum atomic E-state index is 13.8. The molecule has 8 nitrogen and oxygen atoms in total. The molecule has 5 rings (SSSR count). The van der Waals surface area contributed by atoms with E-state index in [9.17, 15) is 14.7 Å². The lowest BCUT2D eigenvalue weighted by atomic mass is 9.91. The van der Waals surface area contributed by atoms with Crippen molar-refractivity contribution in [3.63, 3.8) is 0 Å². The van der Waals surface area contributed by atoms with Crippen molar-refractivity contribution in [1.29, 1.82) is 0 Å². The van der Waals surface area contributed by atoms with Crippen molar-refractivity contribution in [2.75, 3.05) is 18.1 Å². The molecule has 1 atom stereocenters. The number of ether oxygens (including phenoxy) is 2. The molecule has 0 radical (unpaired) electrons. The highest BCUT2D eigenvalue weighted by molar-refractivity contribution is 6.20. The third-order valence-electron chi connectivity index (χ3n) is 6.99. The molecule has 0 spiro atoms. The Hall–Kier alpha value is -4.04. The molecule has 1 amide bonds. The molecule has 0 bridgehead atoms. The van der Waals surface area contributed by atoms with Gasteiger partial charge < -0.3 is 14.6 Å². The Labute approximate surface area is 221 Å². The Morgan fingerprint density at radius 3 is 2.29 bits per heavy atom. The van der Waals surface area contributed by atoms with Crippen LogP contribution in [0.15, 0.2) is 72.0 Å². The molecular weight excluding hydrogens is 482 g/mol. The number of ketones is 1. The molecule has 0 aliphatic carbocycles. The van der Waals surface area contributed by atoms with Crippen molar-refractivity contribution in [1.82, 2.24) is 10.2 Å². The highest BCUT2D eigenvalue weighted by Crippen LogP contribution is 2.41. The highest BCUT2D eigenvalue weighted by Gasteiger charge is 2.45. The van der Waals surface area contributed by atoms with Crippen LogP contribution >= 0.6 is 0 Å². The molecule has 1 N–H and O–H groups in total.